The van der Waals surface area contributed by atoms with Crippen molar-refractivity contribution >= 4 is 5.91 Å². The molecule has 1 rings (SSSR count). The van der Waals surface area contributed by atoms with E-state index < -0.39 is 6.04 Å². The standard InChI is InChI=1S/C15H24N2O2/c1-3-12(2)14(16)15(18)17-10-7-11-19-13-8-5-4-6-9-13/h4-6,8-9,12,14H,3,7,10-11,16H2,1-2H3,(H,17,18). The zero-order chi connectivity index (χ0) is 14.1. The zero-order valence-electron chi connectivity index (χ0n) is 11.8. The van der Waals surface area contributed by atoms with E-state index >= 15 is 0 Å². The third-order valence-corrected chi connectivity index (χ3v) is 3.19. The summed E-state index contributed by atoms with van der Waals surface area (Å²) in [6.45, 7) is 5.20. The van der Waals surface area contributed by atoms with Crippen molar-refractivity contribution in [3.63, 3.8) is 0 Å². The van der Waals surface area contributed by atoms with Crippen LogP contribution in [0.5, 0.6) is 5.75 Å². The second-order valence-electron chi connectivity index (χ2n) is 4.72. The van der Waals surface area contributed by atoms with Crippen LogP contribution in [-0.2, 0) is 4.79 Å². The Morgan fingerprint density at radius 2 is 2.05 bits per heavy atom. The maximum Gasteiger partial charge on any atom is 0.237 e. The first-order valence-corrected chi connectivity index (χ1v) is 6.86. The fourth-order valence-electron chi connectivity index (χ4n) is 1.62. The Morgan fingerprint density at radius 3 is 2.68 bits per heavy atom. The van der Waals surface area contributed by atoms with Crippen LogP contribution in [0.1, 0.15) is 26.7 Å². The summed E-state index contributed by atoms with van der Waals surface area (Å²) in [6.07, 6.45) is 1.68. The van der Waals surface area contributed by atoms with Crippen LogP contribution in [-0.4, -0.2) is 25.1 Å². The summed E-state index contributed by atoms with van der Waals surface area (Å²) in [6, 6.07) is 9.22. The Bertz CT molecular complexity index is 368. The monoisotopic (exact) mass is 264 g/mol. The Balaban J connectivity index is 2.12. The second-order valence-corrected chi connectivity index (χ2v) is 4.72. The molecular formula is C15H24N2O2. The van der Waals surface area contributed by atoms with Gasteiger partial charge in [-0.15, -0.1) is 0 Å². The van der Waals surface area contributed by atoms with E-state index in [1.165, 1.54) is 0 Å². The molecule has 2 unspecified atom stereocenters. The van der Waals surface area contributed by atoms with Crippen LogP contribution in [0.3, 0.4) is 0 Å². The highest BCUT2D eigenvalue weighted by Crippen LogP contribution is 2.08. The van der Waals surface area contributed by atoms with Crippen LogP contribution < -0.4 is 15.8 Å². The van der Waals surface area contributed by atoms with Crippen molar-refractivity contribution in [3.05, 3.63) is 30.3 Å². The number of nitrogens with one attached hydrogen (secondary N) is 1. The van der Waals surface area contributed by atoms with Gasteiger partial charge in [0.15, 0.2) is 0 Å². The molecule has 0 bridgehead atoms. The average molecular weight is 264 g/mol. The largest absolute Gasteiger partial charge is 0.494 e. The number of benzene rings is 1. The van der Waals surface area contributed by atoms with Crippen LogP contribution >= 0.6 is 0 Å². The summed E-state index contributed by atoms with van der Waals surface area (Å²) in [5, 5.41) is 2.84. The predicted octanol–water partition coefficient (Wildman–Crippen LogP) is 1.95. The number of hydrogen-bond donors (Lipinski definition) is 2. The third-order valence-electron chi connectivity index (χ3n) is 3.19. The van der Waals surface area contributed by atoms with Gasteiger partial charge in [-0.1, -0.05) is 38.5 Å². The molecular weight excluding hydrogens is 240 g/mol. The molecule has 0 heterocycles. The minimum absolute atomic E-state index is 0.0749. The highest BCUT2D eigenvalue weighted by atomic mass is 16.5. The quantitative estimate of drug-likeness (QED) is 0.705. The smallest absolute Gasteiger partial charge is 0.237 e. The van der Waals surface area contributed by atoms with Crippen molar-refractivity contribution in [2.45, 2.75) is 32.7 Å². The van der Waals surface area contributed by atoms with Crippen LogP contribution in [0.2, 0.25) is 0 Å². The molecule has 3 N–H and O–H groups in total. The lowest BCUT2D eigenvalue weighted by atomic mass is 9.99. The summed E-state index contributed by atoms with van der Waals surface area (Å²) >= 11 is 0. The maximum atomic E-state index is 11.7. The number of rotatable bonds is 8. The molecule has 2 atom stereocenters. The van der Waals surface area contributed by atoms with Gasteiger partial charge in [-0.2, -0.15) is 0 Å². The molecule has 0 aliphatic carbocycles. The Labute approximate surface area is 115 Å². The molecule has 1 aromatic carbocycles. The molecule has 1 amide bonds. The van der Waals surface area contributed by atoms with Crippen molar-refractivity contribution in [2.75, 3.05) is 13.2 Å². The molecule has 1 aromatic rings. The summed E-state index contributed by atoms with van der Waals surface area (Å²) in [7, 11) is 0. The van der Waals surface area contributed by atoms with E-state index in [1.54, 1.807) is 0 Å². The van der Waals surface area contributed by atoms with Gasteiger partial charge in [0.2, 0.25) is 5.91 Å². The molecule has 0 aromatic heterocycles. The highest BCUT2D eigenvalue weighted by Gasteiger charge is 2.18. The lowest BCUT2D eigenvalue weighted by Gasteiger charge is -2.17. The van der Waals surface area contributed by atoms with Crippen molar-refractivity contribution in [3.8, 4) is 5.75 Å². The summed E-state index contributed by atoms with van der Waals surface area (Å²) in [5.41, 5.74) is 5.83. The first-order chi connectivity index (χ1) is 9.15. The molecule has 106 valence electrons. The normalized spacial score (nSPS) is 13.6. The van der Waals surface area contributed by atoms with Gasteiger partial charge in [-0.3, -0.25) is 4.79 Å². The summed E-state index contributed by atoms with van der Waals surface area (Å²) < 4.78 is 5.53. The van der Waals surface area contributed by atoms with Crippen molar-refractivity contribution < 1.29 is 9.53 Å². The predicted molar refractivity (Wildman–Crippen MR) is 77.0 cm³/mol. The summed E-state index contributed by atoms with van der Waals surface area (Å²) in [5.74, 6) is 0.986. The molecule has 0 fully saturated rings. The van der Waals surface area contributed by atoms with Gasteiger partial charge in [0.05, 0.1) is 12.6 Å². The first-order valence-electron chi connectivity index (χ1n) is 6.86. The van der Waals surface area contributed by atoms with Crippen molar-refractivity contribution in [1.29, 1.82) is 0 Å². The lowest BCUT2D eigenvalue weighted by Crippen LogP contribution is -2.45. The van der Waals surface area contributed by atoms with E-state index in [-0.39, 0.29) is 11.8 Å². The Hall–Kier alpha value is -1.55. The summed E-state index contributed by atoms with van der Waals surface area (Å²) in [4.78, 5) is 11.7. The van der Waals surface area contributed by atoms with Gasteiger partial charge < -0.3 is 15.8 Å². The van der Waals surface area contributed by atoms with E-state index in [2.05, 4.69) is 5.32 Å². The fourth-order valence-corrected chi connectivity index (χ4v) is 1.62. The number of hydrogen-bond acceptors (Lipinski definition) is 3. The number of carbonyl (C=O) groups is 1. The molecule has 0 aliphatic rings. The van der Waals surface area contributed by atoms with Gasteiger partial charge in [0.1, 0.15) is 5.75 Å². The highest BCUT2D eigenvalue weighted by molar-refractivity contribution is 5.81. The molecule has 4 nitrogen and oxygen atoms in total. The van der Waals surface area contributed by atoms with E-state index in [9.17, 15) is 4.79 Å². The number of para-hydroxylation sites is 1. The lowest BCUT2D eigenvalue weighted by molar-refractivity contribution is -0.123. The molecule has 0 saturated carbocycles. The van der Waals surface area contributed by atoms with Gasteiger partial charge in [0, 0.05) is 6.54 Å². The van der Waals surface area contributed by atoms with E-state index in [4.69, 9.17) is 10.5 Å². The van der Waals surface area contributed by atoms with Crippen LogP contribution in [0.25, 0.3) is 0 Å². The average Bonchev–Trinajstić information content (AvgIpc) is 2.46. The molecule has 0 aliphatic heterocycles. The Morgan fingerprint density at radius 1 is 1.37 bits per heavy atom. The van der Waals surface area contributed by atoms with Crippen LogP contribution in [0, 0.1) is 5.92 Å². The minimum atomic E-state index is -0.417. The molecule has 4 heteroatoms. The minimum Gasteiger partial charge on any atom is -0.494 e. The number of nitrogens with two attached hydrogens (primary N) is 1. The SMILES string of the molecule is CCC(C)C(N)C(=O)NCCCOc1ccccc1. The van der Waals surface area contributed by atoms with Gasteiger partial charge in [0.25, 0.3) is 0 Å². The fraction of sp³-hybridized carbons (Fsp3) is 0.533. The molecule has 19 heavy (non-hydrogen) atoms. The second kappa shape index (κ2) is 8.53. The van der Waals surface area contributed by atoms with E-state index in [0.29, 0.717) is 13.2 Å². The van der Waals surface area contributed by atoms with Gasteiger partial charge >= 0.3 is 0 Å². The zero-order valence-corrected chi connectivity index (χ0v) is 11.8. The molecule has 0 spiro atoms. The first kappa shape index (κ1) is 15.5. The van der Waals surface area contributed by atoms with Crippen molar-refractivity contribution in [2.24, 2.45) is 11.7 Å². The van der Waals surface area contributed by atoms with Crippen molar-refractivity contribution in [1.82, 2.24) is 5.32 Å². The van der Waals surface area contributed by atoms with Crippen LogP contribution in [0.15, 0.2) is 30.3 Å². The maximum absolute atomic E-state index is 11.7. The molecule has 0 radical (unpaired) electrons. The Kier molecular flexibility index (Phi) is 6.97. The van der Waals surface area contributed by atoms with Gasteiger partial charge in [-0.05, 0) is 24.5 Å². The molecule has 0 saturated heterocycles. The van der Waals surface area contributed by atoms with Crippen LogP contribution in [0.4, 0.5) is 0 Å². The topological polar surface area (TPSA) is 64.4 Å². The van der Waals surface area contributed by atoms with E-state index in [1.807, 2.05) is 44.2 Å². The van der Waals surface area contributed by atoms with E-state index in [0.717, 1.165) is 18.6 Å². The van der Waals surface area contributed by atoms with Gasteiger partial charge in [-0.25, -0.2) is 0 Å². The number of ether oxygens (including phenoxy) is 1. The number of carbonyl (C=O) groups excluding carboxylic acids is 1. The third kappa shape index (κ3) is 5.75. The number of amides is 1.